The van der Waals surface area contributed by atoms with Crippen LogP contribution in [0.4, 0.5) is 0 Å². The molecule has 2 aromatic heterocycles. The summed E-state index contributed by atoms with van der Waals surface area (Å²) in [4.78, 5) is 0. The average Bonchev–Trinajstić information content (AvgIpc) is 2.71. The Morgan fingerprint density at radius 3 is 1.38 bits per heavy atom. The van der Waals surface area contributed by atoms with Crippen molar-refractivity contribution in [3.05, 3.63) is 85.5 Å². The van der Waals surface area contributed by atoms with Gasteiger partial charge in [-0.05, 0) is 36.8 Å². The maximum Gasteiger partial charge on any atom is 0.176 e. The van der Waals surface area contributed by atoms with Crippen molar-refractivity contribution >= 4 is 21.5 Å². The summed E-state index contributed by atoms with van der Waals surface area (Å²) in [6, 6.07) is 22.5. The Morgan fingerprint density at radius 2 is 0.962 bits per heavy atom. The van der Waals surface area contributed by atoms with Crippen LogP contribution in [0.25, 0.3) is 21.5 Å². The van der Waals surface area contributed by atoms with E-state index in [9.17, 15) is 0 Å². The lowest BCUT2D eigenvalue weighted by atomic mass is 10.1. The molecule has 2 nitrogen and oxygen atoms in total. The first-order valence-corrected chi connectivity index (χ1v) is 9.50. The molecule has 130 valence electrons. The van der Waals surface area contributed by atoms with Gasteiger partial charge in [-0.1, -0.05) is 36.4 Å². The molecule has 2 aromatic carbocycles. The molecule has 0 saturated carbocycles. The Labute approximate surface area is 155 Å². The molecule has 0 aliphatic heterocycles. The van der Waals surface area contributed by atoms with Crippen molar-refractivity contribution in [2.24, 2.45) is 0 Å². The zero-order chi connectivity index (χ0) is 17.9. The number of fused-ring (bicyclic) bond motifs is 2. The summed E-state index contributed by atoms with van der Waals surface area (Å²) < 4.78 is 4.69. The van der Waals surface area contributed by atoms with Crippen LogP contribution in [0.15, 0.2) is 85.5 Å². The minimum Gasteiger partial charge on any atom is -0.202 e. The lowest BCUT2D eigenvalue weighted by molar-refractivity contribution is -0.731. The second-order valence-electron chi connectivity index (χ2n) is 7.32. The molecule has 0 bridgehead atoms. The molecule has 0 saturated heterocycles. The molecule has 0 spiro atoms. The highest BCUT2D eigenvalue weighted by molar-refractivity contribution is 5.80. The lowest BCUT2D eigenvalue weighted by Crippen LogP contribution is -2.40. The molecule has 0 radical (unpaired) electrons. The number of hydrogen-bond donors (Lipinski definition) is 0. The molecule has 4 aromatic rings. The van der Waals surface area contributed by atoms with Gasteiger partial charge in [-0.3, -0.25) is 0 Å². The van der Waals surface area contributed by atoms with Gasteiger partial charge in [0.2, 0.25) is 0 Å². The summed E-state index contributed by atoms with van der Waals surface area (Å²) in [6.45, 7) is 4.62. The van der Waals surface area contributed by atoms with E-state index in [2.05, 4.69) is 108 Å². The molecule has 2 atom stereocenters. The van der Waals surface area contributed by atoms with Crippen molar-refractivity contribution in [2.75, 3.05) is 0 Å². The molecule has 0 fully saturated rings. The Bertz CT molecular complexity index is 953. The molecule has 0 aliphatic rings. The maximum atomic E-state index is 2.35. The first-order valence-electron chi connectivity index (χ1n) is 9.50. The van der Waals surface area contributed by atoms with Crippen LogP contribution in [-0.2, 0) is 0 Å². The summed E-state index contributed by atoms with van der Waals surface area (Å²) in [5, 5.41) is 5.21. The van der Waals surface area contributed by atoms with E-state index in [-0.39, 0.29) is 0 Å². The van der Waals surface area contributed by atoms with Crippen LogP contribution in [0, 0.1) is 0 Å². The predicted molar refractivity (Wildman–Crippen MR) is 107 cm³/mol. The van der Waals surface area contributed by atoms with E-state index in [1.54, 1.807) is 0 Å². The Balaban J connectivity index is 1.46. The molecule has 0 N–H and O–H groups in total. The molecule has 4 rings (SSSR count). The van der Waals surface area contributed by atoms with Gasteiger partial charge in [0.05, 0.1) is 0 Å². The molecular weight excluding hydrogens is 316 g/mol. The second kappa shape index (κ2) is 7.25. The van der Waals surface area contributed by atoms with Crippen LogP contribution in [-0.4, -0.2) is 0 Å². The van der Waals surface area contributed by atoms with Gasteiger partial charge in [0.25, 0.3) is 0 Å². The highest BCUT2D eigenvalue weighted by Crippen LogP contribution is 2.17. The lowest BCUT2D eigenvalue weighted by Gasteiger charge is -2.11. The minimum atomic E-state index is 0.489. The Morgan fingerprint density at radius 1 is 0.577 bits per heavy atom. The molecule has 26 heavy (non-hydrogen) atoms. The number of rotatable bonds is 5. The molecule has 0 unspecified atom stereocenters. The first kappa shape index (κ1) is 16.7. The highest BCUT2D eigenvalue weighted by Gasteiger charge is 2.19. The number of hydrogen-bond acceptors (Lipinski definition) is 0. The van der Waals surface area contributed by atoms with Gasteiger partial charge < -0.3 is 0 Å². The van der Waals surface area contributed by atoms with Crippen molar-refractivity contribution < 1.29 is 9.13 Å². The monoisotopic (exact) mass is 342 g/mol. The number of benzene rings is 2. The van der Waals surface area contributed by atoms with E-state index < -0.39 is 0 Å². The molecule has 2 heterocycles. The molecule has 0 aliphatic carbocycles. The van der Waals surface area contributed by atoms with Crippen molar-refractivity contribution in [1.82, 2.24) is 0 Å². The molecule has 0 amide bonds. The Hall–Kier alpha value is -2.74. The fourth-order valence-corrected chi connectivity index (χ4v) is 3.63. The van der Waals surface area contributed by atoms with E-state index in [0.29, 0.717) is 12.1 Å². The third kappa shape index (κ3) is 3.45. The summed E-state index contributed by atoms with van der Waals surface area (Å²) in [7, 11) is 0. The molecular formula is C24H26N2+2. The smallest absolute Gasteiger partial charge is 0.176 e. The van der Waals surface area contributed by atoms with Gasteiger partial charge in [-0.15, -0.1) is 0 Å². The van der Waals surface area contributed by atoms with Crippen molar-refractivity contribution in [3.63, 3.8) is 0 Å². The average molecular weight is 342 g/mol. The fraction of sp³-hybridized carbons (Fsp3) is 0.250. The van der Waals surface area contributed by atoms with Gasteiger partial charge in [0.1, 0.15) is 0 Å². The second-order valence-corrected chi connectivity index (χ2v) is 7.32. The third-order valence-corrected chi connectivity index (χ3v) is 5.44. The van der Waals surface area contributed by atoms with E-state index >= 15 is 0 Å². The van der Waals surface area contributed by atoms with Gasteiger partial charge >= 0.3 is 0 Å². The quantitative estimate of drug-likeness (QED) is 0.442. The van der Waals surface area contributed by atoms with Gasteiger partial charge in [-0.25, -0.2) is 9.13 Å². The number of aromatic nitrogens is 2. The van der Waals surface area contributed by atoms with Crippen molar-refractivity contribution in [1.29, 1.82) is 0 Å². The topological polar surface area (TPSA) is 7.76 Å². The first-order chi connectivity index (χ1) is 12.7. The number of nitrogens with zero attached hydrogens (tertiary/aromatic N) is 2. The van der Waals surface area contributed by atoms with Crippen LogP contribution in [0.2, 0.25) is 0 Å². The van der Waals surface area contributed by atoms with Crippen LogP contribution in [0.5, 0.6) is 0 Å². The van der Waals surface area contributed by atoms with Crippen LogP contribution in [0.3, 0.4) is 0 Å². The summed E-state index contributed by atoms with van der Waals surface area (Å²) >= 11 is 0. The normalized spacial score (nSPS) is 13.8. The zero-order valence-corrected chi connectivity index (χ0v) is 15.5. The van der Waals surface area contributed by atoms with Gasteiger partial charge in [0.15, 0.2) is 36.9 Å². The van der Waals surface area contributed by atoms with Crippen molar-refractivity contribution in [2.45, 2.75) is 38.8 Å². The van der Waals surface area contributed by atoms with Gasteiger partial charge in [0, 0.05) is 35.7 Å². The largest absolute Gasteiger partial charge is 0.202 e. The van der Waals surface area contributed by atoms with E-state index in [1.165, 1.54) is 21.5 Å². The third-order valence-electron chi connectivity index (χ3n) is 5.44. The SMILES string of the molecule is C[C@H](CC[C@H](C)[n+]1ccc2ccccc2c1)[n+]1ccc2ccccc2c1. The van der Waals surface area contributed by atoms with E-state index in [1.807, 2.05) is 0 Å². The summed E-state index contributed by atoms with van der Waals surface area (Å²) in [5.74, 6) is 0. The Kier molecular flexibility index (Phi) is 4.66. The van der Waals surface area contributed by atoms with Crippen molar-refractivity contribution in [3.8, 4) is 0 Å². The maximum absolute atomic E-state index is 2.35. The highest BCUT2D eigenvalue weighted by atomic mass is 15.0. The van der Waals surface area contributed by atoms with Gasteiger partial charge in [-0.2, -0.15) is 0 Å². The summed E-state index contributed by atoms with van der Waals surface area (Å²) in [5.41, 5.74) is 0. The molecule has 2 heteroatoms. The zero-order valence-electron chi connectivity index (χ0n) is 15.5. The van der Waals surface area contributed by atoms with E-state index in [0.717, 1.165) is 12.8 Å². The van der Waals surface area contributed by atoms with Crippen LogP contribution < -0.4 is 9.13 Å². The standard InChI is InChI=1S/C24H26N2/c1-19(25-15-13-21-7-3-5-9-23(21)17-25)11-12-20(2)26-16-14-22-8-4-6-10-24(22)18-26/h3-10,13-20H,11-12H2,1-2H3/q+2/t19-,20+. The predicted octanol–water partition coefficient (Wildman–Crippen LogP) is 5.17. The van der Waals surface area contributed by atoms with Crippen LogP contribution >= 0.6 is 0 Å². The number of pyridine rings is 2. The fourth-order valence-electron chi connectivity index (χ4n) is 3.63. The van der Waals surface area contributed by atoms with Crippen LogP contribution in [0.1, 0.15) is 38.8 Å². The van der Waals surface area contributed by atoms with E-state index in [4.69, 9.17) is 0 Å². The minimum absolute atomic E-state index is 0.489. The summed E-state index contributed by atoms with van der Waals surface area (Å²) in [6.07, 6.45) is 11.3.